The molecule has 0 spiro atoms. The van der Waals surface area contributed by atoms with E-state index >= 15 is 0 Å². The number of fused-ring (bicyclic) bond motifs is 5. The molecule has 0 unspecified atom stereocenters. The molecule has 0 aromatic rings. The van der Waals surface area contributed by atoms with Crippen molar-refractivity contribution in [2.24, 2.45) is 34.5 Å². The second-order valence-electron chi connectivity index (χ2n) is 25.8. The highest BCUT2D eigenvalue weighted by molar-refractivity contribution is 7.80. The molecule has 9 aliphatic rings. The molecule has 8 fully saturated rings. The van der Waals surface area contributed by atoms with Gasteiger partial charge >= 0.3 is 10.4 Å². The van der Waals surface area contributed by atoms with E-state index < -0.39 is 206 Å². The van der Waals surface area contributed by atoms with Crippen molar-refractivity contribution < 1.29 is 131 Å². The van der Waals surface area contributed by atoms with Crippen LogP contribution in [0.4, 0.5) is 0 Å². The molecule has 33 atom stereocenters. The number of aliphatic hydroxyl groups is 13. The summed E-state index contributed by atoms with van der Waals surface area (Å²) in [7, 11) is -4.85. The lowest BCUT2D eigenvalue weighted by atomic mass is 9.47. The third-order valence-electron chi connectivity index (χ3n) is 20.1. The zero-order valence-electron chi connectivity index (χ0n) is 48.0. The Balaban J connectivity index is 0.912. The predicted molar refractivity (Wildman–Crippen MR) is 281 cm³/mol. The maximum absolute atomic E-state index is 12.3. The van der Waals surface area contributed by atoms with Crippen LogP contribution in [-0.2, 0) is 62.0 Å². The van der Waals surface area contributed by atoms with Crippen molar-refractivity contribution in [1.82, 2.24) is 0 Å². The Hall–Kier alpha value is -1.57. The highest BCUT2D eigenvalue weighted by Gasteiger charge is 2.64. The van der Waals surface area contributed by atoms with E-state index in [9.17, 15) is 79.4 Å². The summed E-state index contributed by atoms with van der Waals surface area (Å²) < 4.78 is 99.4. The van der Waals surface area contributed by atoms with Gasteiger partial charge in [0.25, 0.3) is 0 Å². The van der Waals surface area contributed by atoms with Crippen molar-refractivity contribution in [1.29, 1.82) is 0 Å². The first-order valence-electron chi connectivity index (χ1n) is 29.1. The third kappa shape index (κ3) is 13.0. The summed E-state index contributed by atoms with van der Waals surface area (Å²) in [5, 5.41) is 146. The SMILES string of the molecule is CC(C)=CC[C@@H](O)[C@](C)(O)[C@H]1CC[C@H]2[C@@H]3C[C@@H](O[C@H]4O[C@H](C)[C@@H](O)[C@H](O[C@@H]5OC[C@H](O)[C@@H](O)[C@H]5O[C@H]5O[C@@H](C)[C@@H](O[C@@H]6OC[C@@H](O)[C@H](O)[C@H]6O[C@@H]6O[C@H](C)[C@H](O)[C@H](O)[C@H]6O)[C@H](O)[C@@H]5O)[C@@H]4O)[C@H]4C[C@H](OS(=O)(=O)O)CC[C@@]4(C)C3=CC[C@]12C. The van der Waals surface area contributed by atoms with Gasteiger partial charge in [0.1, 0.15) is 91.6 Å². The zero-order valence-corrected chi connectivity index (χ0v) is 48.8. The summed E-state index contributed by atoms with van der Waals surface area (Å²) in [6.45, 7) is 13.1. The summed E-state index contributed by atoms with van der Waals surface area (Å²) >= 11 is 0. The van der Waals surface area contributed by atoms with Gasteiger partial charge in [-0.3, -0.25) is 4.55 Å². The molecule has 0 radical (unpaired) electrons. The van der Waals surface area contributed by atoms with E-state index in [1.165, 1.54) is 20.8 Å². The van der Waals surface area contributed by atoms with Gasteiger partial charge in [0, 0.05) is 0 Å². The topological polar surface area (TPSA) is 419 Å². The monoisotopic (exact) mass is 1210 g/mol. The Morgan fingerprint density at radius 3 is 1.76 bits per heavy atom. The standard InChI is InChI=1S/C55H90O27S/c1-21(2)9-12-34(58)55(8,68)33-11-10-27-26-18-32(29-17-25(82-83(69,70)71)13-15-53(29,6)28(26)14-16-54(27,33)7)77-50-43(67)45(36(60)23(4)75-50)79-52-47(38(62)31(57)20-73-52)81-49-42(66)40(64)44(24(5)76-49)78-51-46(37(61)30(56)19-72-51)80-48-41(65)39(63)35(59)22(3)74-48/h9,14,22-27,29-52,56-68H,10-13,15-20H2,1-8H3,(H,69,70,71)/t22-,23-,24+,25-,26+,27+,29-,30-,31+,32-,33+,34-,35+,36-,37+,38-,39+,40-,41-,42+,43+,44-,45+,46-,47-,48+,49-,50-,51+,52+,53+,54+,55-/m1/s1. The molecule has 5 heterocycles. The van der Waals surface area contributed by atoms with Crippen LogP contribution in [0.5, 0.6) is 0 Å². The zero-order chi connectivity index (χ0) is 60.7. The van der Waals surface area contributed by atoms with Gasteiger partial charge in [-0.1, -0.05) is 37.1 Å². The van der Waals surface area contributed by atoms with E-state index in [4.69, 9.17) is 51.6 Å². The molecule has 5 saturated heterocycles. The molecule has 0 aromatic carbocycles. The molecule has 0 amide bonds. The van der Waals surface area contributed by atoms with Crippen LogP contribution in [0.2, 0.25) is 0 Å². The molecule has 27 nitrogen and oxygen atoms in total. The summed E-state index contributed by atoms with van der Waals surface area (Å²) in [6, 6.07) is 0. The third-order valence-corrected chi connectivity index (χ3v) is 20.6. The van der Waals surface area contributed by atoms with E-state index in [-0.39, 0.29) is 37.0 Å². The van der Waals surface area contributed by atoms with Crippen LogP contribution in [-0.4, -0.2) is 258 Å². The first-order chi connectivity index (χ1) is 38.8. The summed E-state index contributed by atoms with van der Waals surface area (Å²) in [5.74, 6) is -0.875. The molecule has 3 saturated carbocycles. The lowest BCUT2D eigenvalue weighted by molar-refractivity contribution is -0.392. The molecular weight excluding hydrogens is 1120 g/mol. The van der Waals surface area contributed by atoms with Crippen LogP contribution >= 0.6 is 0 Å². The second kappa shape index (κ2) is 25.4. The van der Waals surface area contributed by atoms with Crippen LogP contribution in [0.15, 0.2) is 23.3 Å². The highest BCUT2D eigenvalue weighted by Crippen LogP contribution is 2.67. The number of hydrogen-bond donors (Lipinski definition) is 14. The Morgan fingerprint density at radius 1 is 0.651 bits per heavy atom. The Labute approximate surface area is 482 Å². The molecule has 0 aromatic heterocycles. The van der Waals surface area contributed by atoms with Crippen molar-refractivity contribution in [2.45, 2.75) is 272 Å². The van der Waals surface area contributed by atoms with E-state index in [1.54, 1.807) is 6.92 Å². The van der Waals surface area contributed by atoms with Crippen LogP contribution in [0.25, 0.3) is 0 Å². The van der Waals surface area contributed by atoms with E-state index in [0.717, 1.165) is 17.6 Å². The average Bonchev–Trinajstić information content (AvgIpc) is 1.89. The smallest absolute Gasteiger partial charge is 0.390 e. The molecule has 0 bridgehead atoms. The quantitative estimate of drug-likeness (QED) is 0.0569. The maximum Gasteiger partial charge on any atom is 0.397 e. The molecule has 14 N–H and O–H groups in total. The lowest BCUT2D eigenvalue weighted by Gasteiger charge is -2.60. The van der Waals surface area contributed by atoms with Crippen molar-refractivity contribution in [3.63, 3.8) is 0 Å². The van der Waals surface area contributed by atoms with E-state index in [0.29, 0.717) is 25.7 Å². The lowest BCUT2D eigenvalue weighted by Crippen LogP contribution is -2.66. The summed E-state index contributed by atoms with van der Waals surface area (Å²) in [6.07, 6.45) is -32.5. The van der Waals surface area contributed by atoms with Gasteiger partial charge in [-0.25, -0.2) is 4.18 Å². The first-order valence-corrected chi connectivity index (χ1v) is 30.5. The maximum atomic E-state index is 12.3. The number of allylic oxidation sites excluding steroid dienone is 3. The summed E-state index contributed by atoms with van der Waals surface area (Å²) in [5.41, 5.74) is -0.328. The summed E-state index contributed by atoms with van der Waals surface area (Å²) in [4.78, 5) is 0. The van der Waals surface area contributed by atoms with Crippen molar-refractivity contribution in [2.75, 3.05) is 13.2 Å². The van der Waals surface area contributed by atoms with Crippen molar-refractivity contribution in [3.8, 4) is 0 Å². The fourth-order valence-corrected chi connectivity index (χ4v) is 15.8. The molecule has 478 valence electrons. The minimum atomic E-state index is -4.85. The van der Waals surface area contributed by atoms with Crippen LogP contribution in [0.3, 0.4) is 0 Å². The van der Waals surface area contributed by atoms with Gasteiger partial charge in [0.2, 0.25) is 0 Å². The van der Waals surface area contributed by atoms with Gasteiger partial charge in [-0.2, -0.15) is 8.42 Å². The van der Waals surface area contributed by atoms with Crippen molar-refractivity contribution >= 4 is 10.4 Å². The fraction of sp³-hybridized carbons (Fsp3) is 0.927. The fourth-order valence-electron chi connectivity index (χ4n) is 15.2. The van der Waals surface area contributed by atoms with Gasteiger partial charge in [-0.15, -0.1) is 0 Å². The van der Waals surface area contributed by atoms with Crippen LogP contribution in [0.1, 0.15) is 107 Å². The van der Waals surface area contributed by atoms with Crippen LogP contribution in [0, 0.1) is 34.5 Å². The Kier molecular flexibility index (Phi) is 20.1. The predicted octanol–water partition coefficient (Wildman–Crippen LogP) is -2.33. The van der Waals surface area contributed by atoms with E-state index in [1.807, 2.05) is 19.9 Å². The van der Waals surface area contributed by atoms with E-state index in [2.05, 4.69) is 19.9 Å². The van der Waals surface area contributed by atoms with Crippen LogP contribution < -0.4 is 0 Å². The molecular formula is C55H90O27S. The Bertz CT molecular complexity index is 2380. The number of ether oxygens (including phenoxy) is 10. The highest BCUT2D eigenvalue weighted by atomic mass is 32.3. The molecule has 9 rings (SSSR count). The van der Waals surface area contributed by atoms with Gasteiger partial charge in [-0.05, 0) is 127 Å². The van der Waals surface area contributed by atoms with Gasteiger partial charge < -0.3 is 114 Å². The molecule has 5 aliphatic heterocycles. The number of rotatable bonds is 16. The normalized spacial score (nSPS) is 51.6. The van der Waals surface area contributed by atoms with Crippen molar-refractivity contribution in [3.05, 3.63) is 23.3 Å². The Morgan fingerprint density at radius 2 is 1.18 bits per heavy atom. The molecule has 28 heteroatoms. The molecule has 83 heavy (non-hydrogen) atoms. The average molecular weight is 1220 g/mol. The van der Waals surface area contributed by atoms with Gasteiger partial charge in [0.15, 0.2) is 31.5 Å². The molecule has 4 aliphatic carbocycles. The largest absolute Gasteiger partial charge is 0.397 e. The minimum Gasteiger partial charge on any atom is -0.390 e. The second-order valence-corrected chi connectivity index (χ2v) is 26.9. The number of hydrogen-bond acceptors (Lipinski definition) is 26. The van der Waals surface area contributed by atoms with Gasteiger partial charge in [0.05, 0.1) is 55.4 Å². The first kappa shape index (κ1) is 65.9. The minimum absolute atomic E-state index is 0.00722. The number of aliphatic hydroxyl groups excluding tert-OH is 12.